The van der Waals surface area contributed by atoms with E-state index in [9.17, 15) is 9.59 Å². The molecule has 0 spiro atoms. The summed E-state index contributed by atoms with van der Waals surface area (Å²) in [4.78, 5) is 32.0. The third-order valence-corrected chi connectivity index (χ3v) is 5.60. The summed E-state index contributed by atoms with van der Waals surface area (Å²) >= 11 is 0. The molecule has 0 atom stereocenters. The van der Waals surface area contributed by atoms with E-state index >= 15 is 0 Å². The predicted molar refractivity (Wildman–Crippen MR) is 125 cm³/mol. The maximum absolute atomic E-state index is 12.9. The normalized spacial score (nSPS) is 13.1. The van der Waals surface area contributed by atoms with Crippen LogP contribution in [-0.2, 0) is 16.1 Å². The van der Waals surface area contributed by atoms with Gasteiger partial charge in [0.15, 0.2) is 18.1 Å². The smallest absolute Gasteiger partial charge is 0.342 e. The Morgan fingerprint density at radius 2 is 1.76 bits per heavy atom. The number of esters is 1. The van der Waals surface area contributed by atoms with E-state index in [4.69, 9.17) is 19.2 Å². The first kappa shape index (κ1) is 22.4. The number of carbonyl (C=O) groups is 2. The molecular formula is C25H27N3O5. The molecule has 2 aromatic carbocycles. The number of anilines is 1. The van der Waals surface area contributed by atoms with Gasteiger partial charge in [0.1, 0.15) is 11.4 Å². The van der Waals surface area contributed by atoms with Gasteiger partial charge in [-0.05, 0) is 42.7 Å². The highest BCUT2D eigenvalue weighted by Gasteiger charge is 2.23. The molecule has 8 nitrogen and oxygen atoms in total. The second-order valence-electron chi connectivity index (χ2n) is 7.79. The van der Waals surface area contributed by atoms with Crippen molar-refractivity contribution in [2.24, 2.45) is 0 Å². The van der Waals surface area contributed by atoms with Crippen LogP contribution >= 0.6 is 0 Å². The summed E-state index contributed by atoms with van der Waals surface area (Å²) < 4.78 is 15.8. The second kappa shape index (κ2) is 10.2. The fraction of sp³-hybridized carbons (Fsp3) is 0.320. The van der Waals surface area contributed by atoms with Gasteiger partial charge in [-0.15, -0.1) is 0 Å². The predicted octanol–water partition coefficient (Wildman–Crippen LogP) is 3.33. The summed E-state index contributed by atoms with van der Waals surface area (Å²) in [6.45, 7) is 1.58. The van der Waals surface area contributed by atoms with Crippen molar-refractivity contribution in [3.63, 3.8) is 0 Å². The molecule has 8 heteroatoms. The minimum absolute atomic E-state index is 0.271. The summed E-state index contributed by atoms with van der Waals surface area (Å²) in [5.74, 6) is 0.848. The number of nitrogens with one attached hydrogen (secondary N) is 1. The van der Waals surface area contributed by atoms with Crippen LogP contribution in [0.25, 0.3) is 10.9 Å². The van der Waals surface area contributed by atoms with Crippen LogP contribution in [0.15, 0.2) is 48.5 Å². The van der Waals surface area contributed by atoms with Crippen molar-refractivity contribution in [3.05, 3.63) is 59.7 Å². The van der Waals surface area contributed by atoms with Crippen molar-refractivity contribution in [2.75, 3.05) is 38.8 Å². The SMILES string of the molecule is COc1ccc(CNC(=O)COC(=O)c2cc3ccccc3nc2N2CCCC2)cc1OC. The van der Waals surface area contributed by atoms with Crippen molar-refractivity contribution in [2.45, 2.75) is 19.4 Å². The molecule has 1 fully saturated rings. The zero-order valence-corrected chi connectivity index (χ0v) is 18.8. The molecule has 172 valence electrons. The first-order valence-electron chi connectivity index (χ1n) is 10.9. The average Bonchev–Trinajstić information content (AvgIpc) is 3.40. The van der Waals surface area contributed by atoms with Gasteiger partial charge >= 0.3 is 5.97 Å². The number of hydrogen-bond acceptors (Lipinski definition) is 7. The Kier molecular flexibility index (Phi) is 6.92. The van der Waals surface area contributed by atoms with E-state index in [1.807, 2.05) is 30.3 Å². The van der Waals surface area contributed by atoms with E-state index in [2.05, 4.69) is 10.2 Å². The minimum Gasteiger partial charge on any atom is -0.493 e. The third kappa shape index (κ3) is 5.16. The summed E-state index contributed by atoms with van der Waals surface area (Å²) in [6, 6.07) is 14.8. The highest BCUT2D eigenvalue weighted by Crippen LogP contribution is 2.28. The van der Waals surface area contributed by atoms with Crippen LogP contribution in [0.1, 0.15) is 28.8 Å². The van der Waals surface area contributed by atoms with E-state index in [0.29, 0.717) is 22.9 Å². The van der Waals surface area contributed by atoms with Gasteiger partial charge in [-0.3, -0.25) is 4.79 Å². The van der Waals surface area contributed by atoms with Gasteiger partial charge in [0, 0.05) is 25.0 Å². The third-order valence-electron chi connectivity index (χ3n) is 5.60. The number of fused-ring (bicyclic) bond motifs is 1. The number of pyridine rings is 1. The molecule has 1 amide bonds. The average molecular weight is 450 g/mol. The van der Waals surface area contributed by atoms with Gasteiger partial charge in [0.05, 0.1) is 19.7 Å². The van der Waals surface area contributed by atoms with Crippen molar-refractivity contribution in [3.8, 4) is 11.5 Å². The molecule has 1 N–H and O–H groups in total. The van der Waals surface area contributed by atoms with Crippen molar-refractivity contribution < 1.29 is 23.8 Å². The summed E-state index contributed by atoms with van der Waals surface area (Å²) in [7, 11) is 3.12. The number of rotatable bonds is 8. The Morgan fingerprint density at radius 1 is 1.00 bits per heavy atom. The van der Waals surface area contributed by atoms with Crippen LogP contribution in [0.2, 0.25) is 0 Å². The lowest BCUT2D eigenvalue weighted by atomic mass is 10.1. The first-order valence-corrected chi connectivity index (χ1v) is 10.9. The Bertz CT molecular complexity index is 1160. The first-order chi connectivity index (χ1) is 16.1. The Balaban J connectivity index is 1.41. The van der Waals surface area contributed by atoms with E-state index < -0.39 is 11.9 Å². The van der Waals surface area contributed by atoms with E-state index in [1.165, 1.54) is 0 Å². The molecule has 0 radical (unpaired) electrons. The monoisotopic (exact) mass is 449 g/mol. The lowest BCUT2D eigenvalue weighted by molar-refractivity contribution is -0.124. The zero-order valence-electron chi connectivity index (χ0n) is 18.8. The lowest BCUT2D eigenvalue weighted by Gasteiger charge is -2.20. The molecule has 33 heavy (non-hydrogen) atoms. The molecule has 1 aliphatic rings. The molecule has 1 aromatic heterocycles. The van der Waals surface area contributed by atoms with Crippen LogP contribution in [0.3, 0.4) is 0 Å². The lowest BCUT2D eigenvalue weighted by Crippen LogP contribution is -2.29. The van der Waals surface area contributed by atoms with E-state index in [0.717, 1.165) is 42.4 Å². The van der Waals surface area contributed by atoms with Crippen molar-refractivity contribution in [1.29, 1.82) is 0 Å². The maximum Gasteiger partial charge on any atom is 0.342 e. The molecule has 3 aromatic rings. The standard InChI is InChI=1S/C25H27N3O5/c1-31-21-10-9-17(13-22(21)32-2)15-26-23(29)16-33-25(30)19-14-18-7-3-4-8-20(18)27-24(19)28-11-5-6-12-28/h3-4,7-10,13-14H,5-6,11-12,15-16H2,1-2H3,(H,26,29). The minimum atomic E-state index is -0.559. The molecule has 0 saturated carbocycles. The van der Waals surface area contributed by atoms with Gasteiger partial charge in [-0.1, -0.05) is 24.3 Å². The summed E-state index contributed by atoms with van der Waals surface area (Å²) in [5.41, 5.74) is 2.04. The molecular weight excluding hydrogens is 422 g/mol. The zero-order chi connectivity index (χ0) is 23.2. The molecule has 2 heterocycles. The molecule has 0 unspecified atom stereocenters. The fourth-order valence-electron chi connectivity index (χ4n) is 3.88. The van der Waals surface area contributed by atoms with Gasteiger partial charge in [-0.25, -0.2) is 9.78 Å². The van der Waals surface area contributed by atoms with Gasteiger partial charge in [0.2, 0.25) is 0 Å². The number of ether oxygens (including phenoxy) is 3. The highest BCUT2D eigenvalue weighted by atomic mass is 16.5. The molecule has 0 bridgehead atoms. The van der Waals surface area contributed by atoms with Crippen LogP contribution in [0.5, 0.6) is 11.5 Å². The maximum atomic E-state index is 12.9. The number of nitrogens with zero attached hydrogens (tertiary/aromatic N) is 2. The summed E-state index contributed by atoms with van der Waals surface area (Å²) in [5, 5.41) is 3.61. The number of carbonyl (C=O) groups excluding carboxylic acids is 2. The molecule has 0 aliphatic carbocycles. The van der Waals surface area contributed by atoms with Gasteiger partial charge < -0.3 is 24.4 Å². The summed E-state index contributed by atoms with van der Waals surface area (Å²) in [6.07, 6.45) is 2.11. The Hall–Kier alpha value is -3.81. The van der Waals surface area contributed by atoms with Crippen molar-refractivity contribution in [1.82, 2.24) is 10.3 Å². The van der Waals surface area contributed by atoms with E-state index in [-0.39, 0.29) is 13.2 Å². The number of methoxy groups -OCH3 is 2. The van der Waals surface area contributed by atoms with Crippen LogP contribution < -0.4 is 19.7 Å². The number of para-hydroxylation sites is 1. The van der Waals surface area contributed by atoms with Crippen LogP contribution in [-0.4, -0.2) is 50.8 Å². The van der Waals surface area contributed by atoms with Crippen molar-refractivity contribution >= 4 is 28.6 Å². The van der Waals surface area contributed by atoms with Crippen LogP contribution in [0.4, 0.5) is 5.82 Å². The van der Waals surface area contributed by atoms with Crippen LogP contribution in [0, 0.1) is 0 Å². The molecule has 1 saturated heterocycles. The molecule has 4 rings (SSSR count). The molecule has 1 aliphatic heterocycles. The number of aromatic nitrogens is 1. The Labute approximate surface area is 192 Å². The largest absolute Gasteiger partial charge is 0.493 e. The Morgan fingerprint density at radius 3 is 2.52 bits per heavy atom. The highest BCUT2D eigenvalue weighted by molar-refractivity contribution is 6.00. The number of amides is 1. The quantitative estimate of drug-likeness (QED) is 0.528. The number of benzene rings is 2. The second-order valence-corrected chi connectivity index (χ2v) is 7.79. The number of hydrogen-bond donors (Lipinski definition) is 1. The topological polar surface area (TPSA) is 90.0 Å². The van der Waals surface area contributed by atoms with Gasteiger partial charge in [-0.2, -0.15) is 0 Å². The fourth-order valence-corrected chi connectivity index (χ4v) is 3.88. The van der Waals surface area contributed by atoms with E-state index in [1.54, 1.807) is 32.4 Å². The van der Waals surface area contributed by atoms with Gasteiger partial charge in [0.25, 0.3) is 5.91 Å².